The molecule has 1 N–H and O–H groups in total. The highest BCUT2D eigenvalue weighted by molar-refractivity contribution is 8.27. The summed E-state index contributed by atoms with van der Waals surface area (Å²) in [5.74, 6) is -1.99. The Morgan fingerprint density at radius 2 is 1.69 bits per heavy atom. The van der Waals surface area contributed by atoms with Gasteiger partial charge in [0, 0.05) is 5.56 Å². The number of carbonyl (C=O) groups excluding carboxylic acids is 2. The lowest BCUT2D eigenvalue weighted by atomic mass is 10.1. The monoisotopic (exact) mass is 424 g/mol. The Bertz CT molecular complexity index is 1110. The first-order valence-electron chi connectivity index (χ1n) is 8.95. The van der Waals surface area contributed by atoms with Gasteiger partial charge in [0.2, 0.25) is 0 Å². The van der Waals surface area contributed by atoms with Gasteiger partial charge in [-0.05, 0) is 24.1 Å². The number of hydrogen-bond donors (Lipinski definition) is 1. The van der Waals surface area contributed by atoms with E-state index in [0.29, 0.717) is 21.3 Å². The molecule has 0 atom stereocenters. The van der Waals surface area contributed by atoms with Crippen LogP contribution in [-0.2, 0) is 20.8 Å². The number of hydrogen-bond acceptors (Lipinski definition) is 5. The van der Waals surface area contributed by atoms with Gasteiger partial charge in [0.05, 0.1) is 21.9 Å². The summed E-state index contributed by atoms with van der Waals surface area (Å²) in [5.41, 5.74) is 2.91. The number of carboxylic acids is 1. The number of aliphatic carboxylic acids is 1. The molecule has 29 heavy (non-hydrogen) atoms. The van der Waals surface area contributed by atoms with Crippen molar-refractivity contribution < 1.29 is 19.5 Å². The normalized spacial score (nSPS) is 18.6. The Morgan fingerprint density at radius 3 is 2.38 bits per heavy atom. The maximum atomic E-state index is 13.3. The molecule has 0 unspecified atom stereocenters. The summed E-state index contributed by atoms with van der Waals surface area (Å²) in [6, 6.07) is 14.4. The third-order valence-corrected chi connectivity index (χ3v) is 6.20. The van der Waals surface area contributed by atoms with Crippen LogP contribution in [-0.4, -0.2) is 33.8 Å². The van der Waals surface area contributed by atoms with Crippen LogP contribution >= 0.6 is 24.0 Å². The number of thioether (sulfide) groups is 1. The zero-order valence-electron chi connectivity index (χ0n) is 15.4. The molecule has 4 rings (SSSR count). The van der Waals surface area contributed by atoms with E-state index in [0.717, 1.165) is 23.7 Å². The average molecular weight is 425 g/mol. The average Bonchev–Trinajstić information content (AvgIpc) is 3.14. The largest absolute Gasteiger partial charge is 0.480 e. The van der Waals surface area contributed by atoms with Gasteiger partial charge >= 0.3 is 5.97 Å². The van der Waals surface area contributed by atoms with E-state index in [4.69, 9.17) is 12.2 Å². The second-order valence-electron chi connectivity index (χ2n) is 6.50. The number of aryl methyl sites for hydroxylation is 1. The number of rotatable bonds is 4. The van der Waals surface area contributed by atoms with E-state index >= 15 is 0 Å². The van der Waals surface area contributed by atoms with Crippen molar-refractivity contribution >= 4 is 63.0 Å². The molecule has 2 aromatic rings. The number of amides is 2. The van der Waals surface area contributed by atoms with Crippen molar-refractivity contribution in [2.24, 2.45) is 0 Å². The SMILES string of the molecule is CCc1ccccc1N1C(=O)/C(=C2/C(=O)N(CC(=O)O)c3ccccc32)SC1=S. The molecule has 2 aliphatic rings. The van der Waals surface area contributed by atoms with Gasteiger partial charge in [0.25, 0.3) is 11.8 Å². The lowest BCUT2D eigenvalue weighted by Gasteiger charge is -2.18. The maximum Gasteiger partial charge on any atom is 0.323 e. The highest BCUT2D eigenvalue weighted by Gasteiger charge is 2.43. The molecule has 0 saturated carbocycles. The van der Waals surface area contributed by atoms with E-state index in [9.17, 15) is 19.5 Å². The minimum atomic E-state index is -1.13. The predicted octanol–water partition coefficient (Wildman–Crippen LogP) is 3.46. The molecule has 146 valence electrons. The molecule has 0 aromatic heterocycles. The number of para-hydroxylation sites is 2. The van der Waals surface area contributed by atoms with Crippen molar-refractivity contribution in [2.75, 3.05) is 16.3 Å². The van der Waals surface area contributed by atoms with E-state index in [-0.39, 0.29) is 16.4 Å². The molecule has 1 saturated heterocycles. The summed E-state index contributed by atoms with van der Waals surface area (Å²) in [6.07, 6.45) is 0.729. The summed E-state index contributed by atoms with van der Waals surface area (Å²) in [5, 5.41) is 9.20. The second-order valence-corrected chi connectivity index (χ2v) is 8.14. The van der Waals surface area contributed by atoms with Crippen LogP contribution in [0.2, 0.25) is 0 Å². The van der Waals surface area contributed by atoms with Gasteiger partial charge in [-0.25, -0.2) is 0 Å². The first kappa shape index (κ1) is 19.4. The third kappa shape index (κ3) is 3.14. The van der Waals surface area contributed by atoms with Crippen LogP contribution in [0, 0.1) is 0 Å². The van der Waals surface area contributed by atoms with Gasteiger partial charge < -0.3 is 5.11 Å². The highest BCUT2D eigenvalue weighted by Crippen LogP contribution is 2.45. The van der Waals surface area contributed by atoms with E-state index in [2.05, 4.69) is 0 Å². The maximum absolute atomic E-state index is 13.3. The number of anilines is 2. The fraction of sp³-hybridized carbons (Fsp3) is 0.143. The number of benzene rings is 2. The smallest absolute Gasteiger partial charge is 0.323 e. The van der Waals surface area contributed by atoms with Crippen LogP contribution in [0.15, 0.2) is 53.4 Å². The van der Waals surface area contributed by atoms with E-state index in [1.807, 2.05) is 31.2 Å². The Morgan fingerprint density at radius 1 is 1.03 bits per heavy atom. The Kier molecular flexibility index (Phi) is 4.97. The molecular weight excluding hydrogens is 408 g/mol. The standard InChI is InChI=1S/C21H16N2O4S2/c1-2-12-7-3-5-9-14(12)23-20(27)18(29-21(23)28)17-13-8-4-6-10-15(13)22(19(17)26)11-16(24)25/h3-10H,2,11H2,1H3,(H,24,25)/b18-17-. The summed E-state index contributed by atoms with van der Waals surface area (Å²) < 4.78 is 0.348. The molecule has 0 spiro atoms. The first-order chi connectivity index (χ1) is 13.9. The van der Waals surface area contributed by atoms with E-state index < -0.39 is 18.4 Å². The zero-order chi connectivity index (χ0) is 20.7. The summed E-state index contributed by atoms with van der Waals surface area (Å²) in [4.78, 5) is 40.5. The fourth-order valence-electron chi connectivity index (χ4n) is 3.55. The number of thiocarbonyl (C=S) groups is 1. The Balaban J connectivity index is 1.84. The van der Waals surface area contributed by atoms with Crippen molar-refractivity contribution in [3.05, 3.63) is 64.6 Å². The number of carboxylic acid groups (broad SMARTS) is 1. The van der Waals surface area contributed by atoms with Crippen LogP contribution in [0.5, 0.6) is 0 Å². The molecular formula is C21H16N2O4S2. The van der Waals surface area contributed by atoms with Gasteiger partial charge in [-0.3, -0.25) is 24.2 Å². The van der Waals surface area contributed by atoms with Crippen LogP contribution in [0.1, 0.15) is 18.1 Å². The van der Waals surface area contributed by atoms with Crippen LogP contribution in [0.25, 0.3) is 5.57 Å². The molecule has 2 aromatic carbocycles. The lowest BCUT2D eigenvalue weighted by molar-refractivity contribution is -0.136. The van der Waals surface area contributed by atoms with Crippen LogP contribution in [0.4, 0.5) is 11.4 Å². The van der Waals surface area contributed by atoms with Crippen LogP contribution < -0.4 is 9.80 Å². The minimum absolute atomic E-state index is 0.204. The molecule has 1 fully saturated rings. The number of carbonyl (C=O) groups is 3. The molecule has 0 bridgehead atoms. The zero-order valence-corrected chi connectivity index (χ0v) is 17.0. The van der Waals surface area contributed by atoms with Crippen molar-refractivity contribution in [2.45, 2.75) is 13.3 Å². The lowest BCUT2D eigenvalue weighted by Crippen LogP contribution is -2.33. The number of fused-ring (bicyclic) bond motifs is 1. The second kappa shape index (κ2) is 7.46. The molecule has 0 aliphatic carbocycles. The molecule has 0 radical (unpaired) electrons. The Labute approximate surface area is 176 Å². The first-order valence-corrected chi connectivity index (χ1v) is 10.2. The van der Waals surface area contributed by atoms with E-state index in [1.54, 1.807) is 24.3 Å². The third-order valence-electron chi connectivity index (χ3n) is 4.83. The van der Waals surface area contributed by atoms with Gasteiger partial charge in [0.1, 0.15) is 6.54 Å². The molecule has 6 nitrogen and oxygen atoms in total. The molecule has 8 heteroatoms. The van der Waals surface area contributed by atoms with Crippen molar-refractivity contribution in [3.8, 4) is 0 Å². The minimum Gasteiger partial charge on any atom is -0.480 e. The predicted molar refractivity (Wildman–Crippen MR) is 117 cm³/mol. The topological polar surface area (TPSA) is 77.9 Å². The van der Waals surface area contributed by atoms with Crippen LogP contribution in [0.3, 0.4) is 0 Å². The summed E-state index contributed by atoms with van der Waals surface area (Å²) in [7, 11) is 0. The van der Waals surface area contributed by atoms with Gasteiger partial charge in [0.15, 0.2) is 4.32 Å². The fourth-order valence-corrected chi connectivity index (χ4v) is 4.90. The van der Waals surface area contributed by atoms with Crippen molar-refractivity contribution in [1.29, 1.82) is 0 Å². The van der Waals surface area contributed by atoms with Gasteiger partial charge in [-0.1, -0.05) is 67.3 Å². The molecule has 2 amide bonds. The quantitative estimate of drug-likeness (QED) is 0.598. The van der Waals surface area contributed by atoms with E-state index in [1.165, 1.54) is 9.80 Å². The summed E-state index contributed by atoms with van der Waals surface area (Å²) in [6.45, 7) is 1.52. The summed E-state index contributed by atoms with van der Waals surface area (Å²) >= 11 is 6.55. The van der Waals surface area contributed by atoms with Crippen molar-refractivity contribution in [1.82, 2.24) is 0 Å². The Hall–Kier alpha value is -2.97. The molecule has 2 heterocycles. The highest BCUT2D eigenvalue weighted by atomic mass is 32.2. The number of nitrogens with zero attached hydrogens (tertiary/aromatic N) is 2. The van der Waals surface area contributed by atoms with Gasteiger partial charge in [-0.15, -0.1) is 0 Å². The molecule has 2 aliphatic heterocycles. The van der Waals surface area contributed by atoms with Crippen molar-refractivity contribution in [3.63, 3.8) is 0 Å². The van der Waals surface area contributed by atoms with Gasteiger partial charge in [-0.2, -0.15) is 0 Å².